The van der Waals surface area contributed by atoms with Crippen LogP contribution in [-0.2, 0) is 23.7 Å². The molecule has 6 rings (SSSR count). The van der Waals surface area contributed by atoms with Gasteiger partial charge in [-0.05, 0) is 48.2 Å². The number of piperidine rings is 1. The van der Waals surface area contributed by atoms with Crippen molar-refractivity contribution in [3.63, 3.8) is 0 Å². The smallest absolute Gasteiger partial charge is 0.417 e. The van der Waals surface area contributed by atoms with E-state index in [0.717, 1.165) is 34.9 Å². The topological polar surface area (TPSA) is 120 Å². The second-order valence-corrected chi connectivity index (χ2v) is 11.1. The zero-order valence-corrected chi connectivity index (χ0v) is 24.2. The molecule has 1 aromatic carbocycles. The van der Waals surface area contributed by atoms with Crippen molar-refractivity contribution in [1.82, 2.24) is 14.8 Å². The molecule has 11 heteroatoms. The molecule has 2 saturated heterocycles. The first kappa shape index (κ1) is 28.8. The Kier molecular flexibility index (Phi) is 8.09. The average Bonchev–Trinajstić information content (AvgIpc) is 3.38. The number of β-amino-alcohol motifs (C(OH)–C–C–N with tert-alkyl or cyclic N) is 1. The van der Waals surface area contributed by atoms with Crippen LogP contribution in [0.15, 0.2) is 78.4 Å². The van der Waals surface area contributed by atoms with Gasteiger partial charge in [-0.15, -0.1) is 0 Å². The number of aromatic nitrogens is 1. The van der Waals surface area contributed by atoms with Gasteiger partial charge >= 0.3 is 12.1 Å². The van der Waals surface area contributed by atoms with E-state index in [2.05, 4.69) is 16.0 Å². The van der Waals surface area contributed by atoms with Gasteiger partial charge in [0.15, 0.2) is 12.0 Å². The first-order valence-electron chi connectivity index (χ1n) is 14.4. The first-order chi connectivity index (χ1) is 20.9. The fraction of sp³-hybridized carbons (Fsp3) is 0.406. The number of benzene rings is 1. The van der Waals surface area contributed by atoms with Crippen molar-refractivity contribution in [3.05, 3.63) is 84.0 Å². The van der Waals surface area contributed by atoms with E-state index in [1.54, 1.807) is 13.3 Å². The van der Waals surface area contributed by atoms with Crippen LogP contribution in [0.2, 0.25) is 0 Å². The van der Waals surface area contributed by atoms with E-state index in [-0.39, 0.29) is 24.8 Å². The SMILES string of the molecule is COC(=O)C[C@H]1CN(C[C@@H](O)c2ccnc3ccc(OC)cc23)CC[C@]12CN(C1=COC=C(C3=CC=CCC3)O1)C(=O)O2. The maximum Gasteiger partial charge on any atom is 0.417 e. The van der Waals surface area contributed by atoms with Crippen LogP contribution in [0, 0.1) is 5.92 Å². The summed E-state index contributed by atoms with van der Waals surface area (Å²) in [7, 11) is 2.94. The Hall–Kier alpha value is -4.35. The molecule has 43 heavy (non-hydrogen) atoms. The molecule has 4 aliphatic rings. The number of likely N-dealkylation sites (tertiary alicyclic amines) is 1. The number of hydrogen-bond acceptors (Lipinski definition) is 10. The Morgan fingerprint density at radius 3 is 2.93 bits per heavy atom. The zero-order valence-electron chi connectivity index (χ0n) is 24.2. The second kappa shape index (κ2) is 12.1. The van der Waals surface area contributed by atoms with Gasteiger partial charge in [-0.1, -0.05) is 18.2 Å². The molecule has 0 unspecified atom stereocenters. The number of pyridine rings is 1. The van der Waals surface area contributed by atoms with Gasteiger partial charge in [0.2, 0.25) is 5.88 Å². The maximum absolute atomic E-state index is 13.2. The van der Waals surface area contributed by atoms with Crippen LogP contribution >= 0.6 is 0 Å². The van der Waals surface area contributed by atoms with Crippen LogP contribution in [0.4, 0.5) is 4.79 Å². The highest BCUT2D eigenvalue weighted by Gasteiger charge is 2.55. The number of esters is 1. The van der Waals surface area contributed by atoms with Gasteiger partial charge in [-0.3, -0.25) is 14.7 Å². The van der Waals surface area contributed by atoms with Crippen LogP contribution in [-0.4, -0.2) is 78.0 Å². The molecule has 1 N–H and O–H groups in total. The number of carbonyl (C=O) groups excluding carboxylic acids is 2. The van der Waals surface area contributed by atoms with Crippen LogP contribution < -0.4 is 4.74 Å². The Morgan fingerprint density at radius 2 is 2.14 bits per heavy atom. The van der Waals surface area contributed by atoms with Crippen molar-refractivity contribution in [1.29, 1.82) is 0 Å². The van der Waals surface area contributed by atoms with E-state index in [1.165, 1.54) is 24.5 Å². The van der Waals surface area contributed by atoms with Crippen molar-refractivity contribution in [3.8, 4) is 5.75 Å². The van der Waals surface area contributed by atoms with Gasteiger partial charge in [0, 0.05) is 43.6 Å². The lowest BCUT2D eigenvalue weighted by Crippen LogP contribution is -2.55. The normalized spacial score (nSPS) is 24.4. The highest BCUT2D eigenvalue weighted by molar-refractivity contribution is 5.84. The molecule has 1 aliphatic carbocycles. The third-order valence-electron chi connectivity index (χ3n) is 8.58. The summed E-state index contributed by atoms with van der Waals surface area (Å²) in [6.07, 6.45) is 11.4. The van der Waals surface area contributed by atoms with Crippen LogP contribution in [0.5, 0.6) is 5.75 Å². The molecule has 1 aromatic heterocycles. The maximum atomic E-state index is 13.2. The third-order valence-corrected chi connectivity index (χ3v) is 8.58. The summed E-state index contributed by atoms with van der Waals surface area (Å²) in [6.45, 7) is 1.48. The quantitative estimate of drug-likeness (QED) is 0.446. The van der Waals surface area contributed by atoms with Crippen LogP contribution in [0.25, 0.3) is 10.9 Å². The number of amides is 1. The van der Waals surface area contributed by atoms with Gasteiger partial charge < -0.3 is 28.8 Å². The minimum atomic E-state index is -0.943. The molecule has 2 aromatic rings. The van der Waals surface area contributed by atoms with E-state index < -0.39 is 23.8 Å². The van der Waals surface area contributed by atoms with Crippen molar-refractivity contribution in [2.75, 3.05) is 40.4 Å². The molecular formula is C32H35N3O8. The first-order valence-corrected chi connectivity index (χ1v) is 14.4. The third kappa shape index (κ3) is 5.82. The number of allylic oxidation sites excluding steroid dienone is 4. The fourth-order valence-electron chi connectivity index (χ4n) is 6.22. The lowest BCUT2D eigenvalue weighted by Gasteiger charge is -2.44. The molecule has 3 aliphatic heterocycles. The van der Waals surface area contributed by atoms with Crippen LogP contribution in [0.1, 0.15) is 37.4 Å². The molecular weight excluding hydrogens is 554 g/mol. The predicted molar refractivity (Wildman–Crippen MR) is 155 cm³/mol. The van der Waals surface area contributed by atoms with E-state index in [0.29, 0.717) is 37.6 Å². The molecule has 1 spiro atoms. The van der Waals surface area contributed by atoms with Gasteiger partial charge in [0.1, 0.15) is 17.6 Å². The number of fused-ring (bicyclic) bond motifs is 1. The van der Waals surface area contributed by atoms with E-state index in [4.69, 9.17) is 23.7 Å². The lowest BCUT2D eigenvalue weighted by molar-refractivity contribution is -0.146. The van der Waals surface area contributed by atoms with Gasteiger partial charge in [-0.2, -0.15) is 0 Å². The molecule has 1 amide bonds. The lowest BCUT2D eigenvalue weighted by atomic mass is 9.78. The summed E-state index contributed by atoms with van der Waals surface area (Å²) < 4.78 is 28.1. The largest absolute Gasteiger partial charge is 0.497 e. The minimum absolute atomic E-state index is 0.0559. The summed E-state index contributed by atoms with van der Waals surface area (Å²) in [5.41, 5.74) is 1.53. The van der Waals surface area contributed by atoms with E-state index >= 15 is 0 Å². The molecule has 0 radical (unpaired) electrons. The van der Waals surface area contributed by atoms with Crippen molar-refractivity contribution >= 4 is 23.0 Å². The summed E-state index contributed by atoms with van der Waals surface area (Å²) >= 11 is 0. The van der Waals surface area contributed by atoms with Crippen molar-refractivity contribution in [2.24, 2.45) is 5.92 Å². The van der Waals surface area contributed by atoms with E-state index in [1.807, 2.05) is 36.4 Å². The standard InChI is InChI=1S/C32H35N3O8/c1-39-23-8-9-26-25(15-23)24(10-12-33-26)27(36)17-34-13-11-32(22(16-34)14-30(37)40-2)20-35(31(38)43-32)29-19-41-18-28(42-29)21-6-4-3-5-7-21/h3-4,6,8-10,12,15,18-19,22,27,36H,5,7,11,13-14,16-17,20H2,1-2H3/t22-,27+,32-/m0/s1. The molecule has 3 atom stereocenters. The minimum Gasteiger partial charge on any atom is -0.497 e. The summed E-state index contributed by atoms with van der Waals surface area (Å²) in [5.74, 6) is 0.691. The van der Waals surface area contributed by atoms with Crippen LogP contribution in [0.3, 0.4) is 0 Å². The molecule has 0 bridgehead atoms. The molecule has 226 valence electrons. The molecule has 2 fully saturated rings. The number of aliphatic hydroxyl groups is 1. The van der Waals surface area contributed by atoms with Gasteiger partial charge in [0.25, 0.3) is 0 Å². The predicted octanol–water partition coefficient (Wildman–Crippen LogP) is 4.32. The highest BCUT2D eigenvalue weighted by atomic mass is 16.6. The van der Waals surface area contributed by atoms with E-state index in [9.17, 15) is 14.7 Å². The number of methoxy groups -OCH3 is 2. The average molecular weight is 590 g/mol. The van der Waals surface area contributed by atoms with Gasteiger partial charge in [0.05, 0.1) is 38.8 Å². The van der Waals surface area contributed by atoms with Crippen molar-refractivity contribution in [2.45, 2.75) is 37.4 Å². The number of nitrogens with zero attached hydrogens (tertiary/aromatic N) is 3. The summed E-state index contributed by atoms with van der Waals surface area (Å²) in [6, 6.07) is 7.37. The summed E-state index contributed by atoms with van der Waals surface area (Å²) in [4.78, 5) is 33.7. The number of ether oxygens (including phenoxy) is 5. The molecule has 11 nitrogen and oxygen atoms in total. The van der Waals surface area contributed by atoms with Crippen molar-refractivity contribution < 1.29 is 38.4 Å². The molecule has 0 saturated carbocycles. The monoisotopic (exact) mass is 589 g/mol. The highest BCUT2D eigenvalue weighted by Crippen LogP contribution is 2.42. The number of rotatable bonds is 8. The fourth-order valence-corrected chi connectivity index (χ4v) is 6.22. The number of carbonyl (C=O) groups is 2. The number of hydrogen-bond donors (Lipinski definition) is 1. The molecule has 4 heterocycles. The van der Waals surface area contributed by atoms with Gasteiger partial charge in [-0.25, -0.2) is 9.69 Å². The Labute approximate surface area is 249 Å². The Balaban J connectivity index is 1.18. The zero-order chi connectivity index (χ0) is 30.0. The second-order valence-electron chi connectivity index (χ2n) is 11.1. The Bertz CT molecular complexity index is 1530. The Morgan fingerprint density at radius 1 is 1.26 bits per heavy atom. The number of aliphatic hydroxyl groups excluding tert-OH is 1. The summed E-state index contributed by atoms with van der Waals surface area (Å²) in [5, 5.41) is 12.2.